The highest BCUT2D eigenvalue weighted by Gasteiger charge is 2.13. The van der Waals surface area contributed by atoms with E-state index in [-0.39, 0.29) is 0 Å². The van der Waals surface area contributed by atoms with Gasteiger partial charge in [0.25, 0.3) is 0 Å². The molecule has 0 spiro atoms. The first-order valence-corrected chi connectivity index (χ1v) is 5.71. The van der Waals surface area contributed by atoms with E-state index in [1.165, 1.54) is 18.9 Å². The van der Waals surface area contributed by atoms with Gasteiger partial charge in [-0.3, -0.25) is 4.79 Å². The average Bonchev–Trinajstić information content (AvgIpc) is 2.26. The van der Waals surface area contributed by atoms with Crippen molar-refractivity contribution in [1.82, 2.24) is 0 Å². The highest BCUT2D eigenvalue weighted by molar-refractivity contribution is 7.99. The quantitative estimate of drug-likeness (QED) is 0.651. The molecule has 0 unspecified atom stereocenters. The number of hydrogen-bond donors (Lipinski definition) is 1. The van der Waals surface area contributed by atoms with Crippen LogP contribution in [0.4, 0.5) is 0 Å². The molecule has 0 aliphatic carbocycles. The number of methoxy groups -OCH3 is 1. The van der Waals surface area contributed by atoms with Crippen LogP contribution in [0.3, 0.4) is 0 Å². The number of carbonyl (C=O) groups is 1. The van der Waals surface area contributed by atoms with E-state index in [1.54, 1.807) is 12.1 Å². The monoisotopic (exact) mass is 245 g/mol. The summed E-state index contributed by atoms with van der Waals surface area (Å²) in [6.07, 6.45) is 0. The van der Waals surface area contributed by atoms with Crippen LogP contribution in [0.2, 0.25) is 5.02 Å². The molecule has 0 aromatic heterocycles. The van der Waals surface area contributed by atoms with E-state index >= 15 is 0 Å². The molecule has 0 amide bonds. The lowest BCUT2D eigenvalue weighted by molar-refractivity contribution is -0.141. The summed E-state index contributed by atoms with van der Waals surface area (Å²) in [5.41, 5.74) is 5.58. The summed E-state index contributed by atoms with van der Waals surface area (Å²) in [6.45, 7) is 0. The standard InChI is InChI=1S/C10H12ClNO2S/c1-14-10(13)9(12)6-15-8-4-2-7(11)3-5-8/h2-5,9H,6,12H2,1H3/t9-/m1/s1. The normalized spacial score (nSPS) is 12.2. The van der Waals surface area contributed by atoms with E-state index in [4.69, 9.17) is 17.3 Å². The van der Waals surface area contributed by atoms with E-state index in [0.29, 0.717) is 10.8 Å². The number of esters is 1. The van der Waals surface area contributed by atoms with Crippen LogP contribution in [0.5, 0.6) is 0 Å². The molecule has 15 heavy (non-hydrogen) atoms. The largest absolute Gasteiger partial charge is 0.468 e. The number of rotatable bonds is 4. The summed E-state index contributed by atoms with van der Waals surface area (Å²) in [6, 6.07) is 6.78. The topological polar surface area (TPSA) is 52.3 Å². The first kappa shape index (κ1) is 12.4. The lowest BCUT2D eigenvalue weighted by Crippen LogP contribution is -2.33. The third-order valence-electron chi connectivity index (χ3n) is 1.75. The molecule has 0 radical (unpaired) electrons. The molecule has 1 aromatic rings. The van der Waals surface area contributed by atoms with Crippen molar-refractivity contribution in [3.63, 3.8) is 0 Å². The highest BCUT2D eigenvalue weighted by atomic mass is 35.5. The molecular weight excluding hydrogens is 234 g/mol. The number of ether oxygens (including phenoxy) is 1. The molecule has 1 atom stereocenters. The van der Waals surface area contributed by atoms with Gasteiger partial charge in [0.1, 0.15) is 6.04 Å². The molecule has 0 aliphatic heterocycles. The summed E-state index contributed by atoms with van der Waals surface area (Å²) in [5, 5.41) is 0.691. The molecule has 1 rings (SSSR count). The Morgan fingerprint density at radius 2 is 2.13 bits per heavy atom. The minimum absolute atomic E-state index is 0.392. The Morgan fingerprint density at radius 3 is 2.67 bits per heavy atom. The molecular formula is C10H12ClNO2S. The van der Waals surface area contributed by atoms with Crippen LogP contribution >= 0.6 is 23.4 Å². The fraction of sp³-hybridized carbons (Fsp3) is 0.300. The molecule has 2 N–H and O–H groups in total. The second-order valence-corrected chi connectivity index (χ2v) is 4.42. The van der Waals surface area contributed by atoms with E-state index < -0.39 is 12.0 Å². The van der Waals surface area contributed by atoms with Crippen LogP contribution in [-0.2, 0) is 9.53 Å². The first-order chi connectivity index (χ1) is 7.13. The van der Waals surface area contributed by atoms with Crippen molar-refractivity contribution in [2.45, 2.75) is 10.9 Å². The summed E-state index contributed by atoms with van der Waals surface area (Å²) < 4.78 is 4.52. The molecule has 0 bridgehead atoms. The molecule has 0 fully saturated rings. The minimum atomic E-state index is -0.587. The molecule has 0 heterocycles. The van der Waals surface area contributed by atoms with Gasteiger partial charge in [-0.25, -0.2) is 0 Å². The van der Waals surface area contributed by atoms with Gasteiger partial charge in [-0.1, -0.05) is 11.6 Å². The van der Waals surface area contributed by atoms with E-state index in [0.717, 1.165) is 4.90 Å². The van der Waals surface area contributed by atoms with Gasteiger partial charge in [0.05, 0.1) is 7.11 Å². The van der Waals surface area contributed by atoms with Crippen molar-refractivity contribution in [2.24, 2.45) is 5.73 Å². The first-order valence-electron chi connectivity index (χ1n) is 4.35. The Balaban J connectivity index is 2.43. The van der Waals surface area contributed by atoms with Crippen LogP contribution in [0.1, 0.15) is 0 Å². The number of benzene rings is 1. The summed E-state index contributed by atoms with van der Waals surface area (Å²) >= 11 is 7.24. The number of hydrogen-bond acceptors (Lipinski definition) is 4. The number of halogens is 1. The van der Waals surface area contributed by atoms with Crippen LogP contribution in [0, 0.1) is 0 Å². The van der Waals surface area contributed by atoms with Gasteiger partial charge in [-0.15, -0.1) is 11.8 Å². The smallest absolute Gasteiger partial charge is 0.323 e. The number of thioether (sulfide) groups is 1. The maximum Gasteiger partial charge on any atom is 0.323 e. The van der Waals surface area contributed by atoms with Gasteiger partial charge in [-0.2, -0.15) is 0 Å². The van der Waals surface area contributed by atoms with Crippen molar-refractivity contribution in [3.05, 3.63) is 29.3 Å². The van der Waals surface area contributed by atoms with Crippen molar-refractivity contribution in [1.29, 1.82) is 0 Å². The third-order valence-corrected chi connectivity index (χ3v) is 3.13. The van der Waals surface area contributed by atoms with E-state index in [9.17, 15) is 4.79 Å². The van der Waals surface area contributed by atoms with Crippen molar-refractivity contribution in [2.75, 3.05) is 12.9 Å². The predicted molar refractivity (Wildman–Crippen MR) is 62.2 cm³/mol. The summed E-state index contributed by atoms with van der Waals surface area (Å²) in [5.74, 6) is 0.102. The van der Waals surface area contributed by atoms with Gasteiger partial charge < -0.3 is 10.5 Å². The Hall–Kier alpha value is -0.710. The van der Waals surface area contributed by atoms with Gasteiger partial charge >= 0.3 is 5.97 Å². The molecule has 0 saturated carbocycles. The zero-order valence-corrected chi connectivity index (χ0v) is 9.85. The van der Waals surface area contributed by atoms with Gasteiger partial charge in [0, 0.05) is 15.7 Å². The fourth-order valence-electron chi connectivity index (χ4n) is 0.936. The van der Waals surface area contributed by atoms with E-state index in [1.807, 2.05) is 12.1 Å². The van der Waals surface area contributed by atoms with E-state index in [2.05, 4.69) is 4.74 Å². The molecule has 0 saturated heterocycles. The lowest BCUT2D eigenvalue weighted by Gasteiger charge is -2.08. The van der Waals surface area contributed by atoms with Crippen molar-refractivity contribution < 1.29 is 9.53 Å². The Kier molecular flexibility index (Phi) is 4.94. The zero-order valence-electron chi connectivity index (χ0n) is 8.27. The zero-order chi connectivity index (χ0) is 11.3. The van der Waals surface area contributed by atoms with Crippen LogP contribution in [0.25, 0.3) is 0 Å². The molecule has 0 aliphatic rings. The van der Waals surface area contributed by atoms with Gasteiger partial charge in [-0.05, 0) is 24.3 Å². The van der Waals surface area contributed by atoms with Crippen LogP contribution in [-0.4, -0.2) is 24.9 Å². The van der Waals surface area contributed by atoms with Crippen LogP contribution in [0.15, 0.2) is 29.2 Å². The van der Waals surface area contributed by atoms with Crippen molar-refractivity contribution >= 4 is 29.3 Å². The van der Waals surface area contributed by atoms with Gasteiger partial charge in [0.2, 0.25) is 0 Å². The second-order valence-electron chi connectivity index (χ2n) is 2.89. The Labute approximate surface area is 97.9 Å². The SMILES string of the molecule is COC(=O)[C@H](N)CSc1ccc(Cl)cc1. The summed E-state index contributed by atoms with van der Waals surface area (Å²) in [7, 11) is 1.33. The summed E-state index contributed by atoms with van der Waals surface area (Å²) in [4.78, 5) is 12.0. The maximum atomic E-state index is 11.0. The molecule has 1 aromatic carbocycles. The van der Waals surface area contributed by atoms with Crippen LogP contribution < -0.4 is 5.73 Å². The lowest BCUT2D eigenvalue weighted by atomic mass is 10.4. The molecule has 82 valence electrons. The number of carbonyl (C=O) groups excluding carboxylic acids is 1. The molecule has 3 nitrogen and oxygen atoms in total. The third kappa shape index (κ3) is 4.11. The Bertz CT molecular complexity index is 329. The highest BCUT2D eigenvalue weighted by Crippen LogP contribution is 2.20. The predicted octanol–water partition coefficient (Wildman–Crippen LogP) is 1.93. The average molecular weight is 246 g/mol. The number of nitrogens with two attached hydrogens (primary N) is 1. The Morgan fingerprint density at radius 1 is 1.53 bits per heavy atom. The minimum Gasteiger partial charge on any atom is -0.468 e. The van der Waals surface area contributed by atoms with Crippen molar-refractivity contribution in [3.8, 4) is 0 Å². The molecule has 5 heteroatoms. The fourth-order valence-corrected chi connectivity index (χ4v) is 1.90. The van der Waals surface area contributed by atoms with Gasteiger partial charge in [0.15, 0.2) is 0 Å². The second kappa shape index (κ2) is 6.00. The maximum absolute atomic E-state index is 11.0.